The maximum atomic E-state index is 13.3. The van der Waals surface area contributed by atoms with E-state index in [0.717, 1.165) is 12.1 Å². The summed E-state index contributed by atoms with van der Waals surface area (Å²) in [6.45, 7) is 3.42. The molecule has 5 nitrogen and oxygen atoms in total. The third kappa shape index (κ3) is 3.45. The first kappa shape index (κ1) is 16.0. The lowest BCUT2D eigenvalue weighted by Gasteiger charge is -2.14. The van der Waals surface area contributed by atoms with Crippen molar-refractivity contribution in [3.05, 3.63) is 46.1 Å². The van der Waals surface area contributed by atoms with E-state index in [9.17, 15) is 12.8 Å². The van der Waals surface area contributed by atoms with Gasteiger partial charge in [-0.2, -0.15) is 0 Å². The molecule has 0 radical (unpaired) electrons. The van der Waals surface area contributed by atoms with Crippen LogP contribution in [0.4, 0.5) is 10.1 Å². The molecule has 0 amide bonds. The van der Waals surface area contributed by atoms with Crippen LogP contribution in [0, 0.1) is 12.7 Å². The molecule has 2 aromatic rings. The van der Waals surface area contributed by atoms with Gasteiger partial charge in [0, 0.05) is 4.47 Å². The molecule has 114 valence electrons. The minimum absolute atomic E-state index is 0.101. The number of rotatable bonds is 4. The molecule has 3 N–H and O–H groups in total. The molecule has 1 unspecified atom stereocenters. The number of hydrogen-bond acceptors (Lipinski definition) is 4. The Labute approximate surface area is 130 Å². The number of nitrogens with one attached hydrogen (secondary N) is 1. The summed E-state index contributed by atoms with van der Waals surface area (Å²) >= 11 is 3.03. The first-order valence-electron chi connectivity index (χ1n) is 6.04. The Hall–Kier alpha value is -1.38. The molecule has 0 saturated carbocycles. The second-order valence-corrected chi connectivity index (χ2v) is 7.13. The molecule has 0 aliphatic carbocycles. The molecule has 1 heterocycles. The number of sulfonamides is 1. The van der Waals surface area contributed by atoms with Gasteiger partial charge in [0.2, 0.25) is 10.0 Å². The van der Waals surface area contributed by atoms with E-state index in [2.05, 4.69) is 20.7 Å². The van der Waals surface area contributed by atoms with Crippen LogP contribution in [0.2, 0.25) is 0 Å². The normalized spacial score (nSPS) is 13.3. The molecule has 0 saturated heterocycles. The molecule has 21 heavy (non-hydrogen) atoms. The molecule has 1 aromatic carbocycles. The van der Waals surface area contributed by atoms with E-state index in [4.69, 9.17) is 10.2 Å². The average Bonchev–Trinajstić information content (AvgIpc) is 2.80. The van der Waals surface area contributed by atoms with E-state index < -0.39 is 21.9 Å². The second-order valence-electron chi connectivity index (χ2n) is 4.60. The van der Waals surface area contributed by atoms with Crippen LogP contribution in [-0.2, 0) is 10.0 Å². The topological polar surface area (TPSA) is 85.3 Å². The van der Waals surface area contributed by atoms with Gasteiger partial charge in [-0.05, 0) is 54.0 Å². The highest BCUT2D eigenvalue weighted by Crippen LogP contribution is 2.28. The molecule has 0 aliphatic rings. The Kier molecular flexibility index (Phi) is 4.40. The summed E-state index contributed by atoms with van der Waals surface area (Å²) in [5, 5.41) is 0. The third-order valence-corrected chi connectivity index (χ3v) is 5.36. The summed E-state index contributed by atoms with van der Waals surface area (Å²) in [7, 11) is -3.87. The first-order valence-corrected chi connectivity index (χ1v) is 8.31. The Morgan fingerprint density at radius 2 is 2.05 bits per heavy atom. The number of benzene rings is 1. The van der Waals surface area contributed by atoms with E-state index in [-0.39, 0.29) is 15.1 Å². The van der Waals surface area contributed by atoms with Gasteiger partial charge in [-0.25, -0.2) is 17.5 Å². The second kappa shape index (κ2) is 5.78. The van der Waals surface area contributed by atoms with E-state index in [1.54, 1.807) is 26.0 Å². The number of hydrogen-bond donors (Lipinski definition) is 2. The van der Waals surface area contributed by atoms with Crippen molar-refractivity contribution in [3.63, 3.8) is 0 Å². The minimum Gasteiger partial charge on any atom is -0.465 e. The molecule has 0 bridgehead atoms. The minimum atomic E-state index is -3.87. The van der Waals surface area contributed by atoms with Crippen LogP contribution in [0.15, 0.2) is 38.1 Å². The van der Waals surface area contributed by atoms with Gasteiger partial charge in [-0.1, -0.05) is 0 Å². The summed E-state index contributed by atoms with van der Waals surface area (Å²) in [6, 6.07) is 4.96. The van der Waals surface area contributed by atoms with Crippen molar-refractivity contribution in [1.82, 2.24) is 4.72 Å². The smallest absolute Gasteiger partial charge is 0.242 e. The van der Waals surface area contributed by atoms with Crippen molar-refractivity contribution in [2.24, 2.45) is 0 Å². The summed E-state index contributed by atoms with van der Waals surface area (Å²) in [4.78, 5) is -0.128. The molecule has 2 rings (SSSR count). The van der Waals surface area contributed by atoms with Gasteiger partial charge in [0.25, 0.3) is 0 Å². The van der Waals surface area contributed by atoms with Gasteiger partial charge in [0.05, 0.1) is 16.6 Å². The number of aryl methyl sites for hydroxylation is 1. The fraction of sp³-hybridized carbons (Fsp3) is 0.231. The quantitative estimate of drug-likeness (QED) is 0.802. The van der Waals surface area contributed by atoms with E-state index >= 15 is 0 Å². The van der Waals surface area contributed by atoms with Crippen LogP contribution in [0.5, 0.6) is 0 Å². The Balaban J connectivity index is 2.32. The number of anilines is 1. The lowest BCUT2D eigenvalue weighted by molar-refractivity contribution is 0.441. The van der Waals surface area contributed by atoms with Crippen LogP contribution in [-0.4, -0.2) is 8.42 Å². The zero-order valence-corrected chi connectivity index (χ0v) is 13.8. The fourth-order valence-corrected chi connectivity index (χ4v) is 4.05. The van der Waals surface area contributed by atoms with E-state index in [1.807, 2.05) is 0 Å². The Morgan fingerprint density at radius 3 is 2.62 bits per heavy atom. The monoisotopic (exact) mass is 376 g/mol. The average molecular weight is 377 g/mol. The van der Waals surface area contributed by atoms with Gasteiger partial charge in [-0.15, -0.1) is 0 Å². The van der Waals surface area contributed by atoms with Gasteiger partial charge < -0.3 is 10.2 Å². The van der Waals surface area contributed by atoms with Crippen LogP contribution >= 0.6 is 15.9 Å². The van der Waals surface area contributed by atoms with Crippen molar-refractivity contribution in [1.29, 1.82) is 0 Å². The highest BCUT2D eigenvalue weighted by molar-refractivity contribution is 9.10. The largest absolute Gasteiger partial charge is 0.465 e. The zero-order valence-electron chi connectivity index (χ0n) is 11.4. The lowest BCUT2D eigenvalue weighted by Crippen LogP contribution is -2.27. The van der Waals surface area contributed by atoms with Gasteiger partial charge in [0.1, 0.15) is 17.3 Å². The molecule has 0 spiro atoms. The van der Waals surface area contributed by atoms with Crippen molar-refractivity contribution < 1.29 is 17.2 Å². The predicted molar refractivity (Wildman–Crippen MR) is 80.7 cm³/mol. The van der Waals surface area contributed by atoms with Crippen LogP contribution in [0.25, 0.3) is 0 Å². The predicted octanol–water partition coefficient (Wildman–Crippen LogP) is 3.11. The SMILES string of the molecule is Cc1ccc(C(C)NS(=O)(=O)c2cc(N)c(F)cc2Br)o1. The highest BCUT2D eigenvalue weighted by atomic mass is 79.9. The highest BCUT2D eigenvalue weighted by Gasteiger charge is 2.23. The summed E-state index contributed by atoms with van der Waals surface area (Å²) < 4.78 is 45.9. The Bertz CT molecular complexity index is 774. The first-order chi connectivity index (χ1) is 9.70. The third-order valence-electron chi connectivity index (χ3n) is 2.86. The maximum Gasteiger partial charge on any atom is 0.242 e. The van der Waals surface area contributed by atoms with Crippen LogP contribution < -0.4 is 10.5 Å². The molecular formula is C13H14BrFN2O3S. The fourth-order valence-electron chi connectivity index (χ4n) is 1.79. The number of nitrogens with two attached hydrogens (primary N) is 1. The summed E-state index contributed by atoms with van der Waals surface area (Å²) in [5.41, 5.74) is 5.19. The lowest BCUT2D eigenvalue weighted by atomic mass is 10.3. The molecule has 1 aromatic heterocycles. The van der Waals surface area contributed by atoms with E-state index in [1.165, 1.54) is 0 Å². The molecule has 8 heteroatoms. The number of halogens is 2. The maximum absolute atomic E-state index is 13.3. The summed E-state index contributed by atoms with van der Waals surface area (Å²) in [5.74, 6) is 0.487. The van der Waals surface area contributed by atoms with Gasteiger partial charge in [-0.3, -0.25) is 0 Å². The molecule has 1 atom stereocenters. The standard InChI is InChI=1S/C13H14BrFN2O3S/c1-7-3-4-12(20-7)8(2)17-21(18,19)13-6-11(16)10(15)5-9(13)14/h3-6,8,17H,16H2,1-2H3. The molecular weight excluding hydrogens is 363 g/mol. The van der Waals surface area contributed by atoms with Crippen molar-refractivity contribution in [2.75, 3.05) is 5.73 Å². The van der Waals surface area contributed by atoms with Crippen LogP contribution in [0.3, 0.4) is 0 Å². The van der Waals surface area contributed by atoms with Gasteiger partial charge >= 0.3 is 0 Å². The zero-order chi connectivity index (χ0) is 15.8. The van der Waals surface area contributed by atoms with Crippen molar-refractivity contribution >= 4 is 31.6 Å². The summed E-state index contributed by atoms with van der Waals surface area (Å²) in [6.07, 6.45) is 0. The Morgan fingerprint density at radius 1 is 1.38 bits per heavy atom. The number of furan rings is 1. The van der Waals surface area contributed by atoms with Crippen molar-refractivity contribution in [3.8, 4) is 0 Å². The molecule has 0 aliphatic heterocycles. The van der Waals surface area contributed by atoms with Crippen LogP contribution in [0.1, 0.15) is 24.5 Å². The van der Waals surface area contributed by atoms with Crippen molar-refractivity contribution in [2.45, 2.75) is 24.8 Å². The van der Waals surface area contributed by atoms with Gasteiger partial charge in [0.15, 0.2) is 0 Å². The van der Waals surface area contributed by atoms with E-state index in [0.29, 0.717) is 11.5 Å². The number of nitrogen functional groups attached to an aromatic ring is 1. The molecule has 0 fully saturated rings.